The third-order valence-electron chi connectivity index (χ3n) is 2.11. The van der Waals surface area contributed by atoms with Gasteiger partial charge in [-0.05, 0) is 11.6 Å². The fourth-order valence-corrected chi connectivity index (χ4v) is 1.59. The summed E-state index contributed by atoms with van der Waals surface area (Å²) >= 11 is 5.57. The van der Waals surface area contributed by atoms with E-state index in [1.807, 2.05) is 0 Å². The third kappa shape index (κ3) is 2.43. The summed E-state index contributed by atoms with van der Waals surface area (Å²) in [6.45, 7) is 5.00. The van der Waals surface area contributed by atoms with Gasteiger partial charge in [0.05, 0.1) is 12.7 Å². The van der Waals surface area contributed by atoms with Crippen LogP contribution in [0.25, 0.3) is 0 Å². The molecule has 0 radical (unpaired) electrons. The molecule has 0 aliphatic carbocycles. The van der Waals surface area contributed by atoms with Crippen molar-refractivity contribution < 1.29 is 4.42 Å². The van der Waals surface area contributed by atoms with E-state index in [2.05, 4.69) is 15.2 Å². The summed E-state index contributed by atoms with van der Waals surface area (Å²) in [5, 5.41) is 3.52. The van der Waals surface area contributed by atoms with Crippen LogP contribution in [0.1, 0.15) is 5.76 Å². The van der Waals surface area contributed by atoms with Crippen LogP contribution in [0.3, 0.4) is 0 Å². The van der Waals surface area contributed by atoms with E-state index < -0.39 is 0 Å². The molecule has 1 aliphatic rings. The molecule has 0 spiro atoms. The van der Waals surface area contributed by atoms with Gasteiger partial charge in [-0.3, -0.25) is 4.90 Å². The van der Waals surface area contributed by atoms with Gasteiger partial charge in [0.1, 0.15) is 5.76 Å². The summed E-state index contributed by atoms with van der Waals surface area (Å²) in [5.41, 5.74) is 0. The van der Waals surface area contributed by atoms with Gasteiger partial charge in [-0.15, -0.1) is 0 Å². The van der Waals surface area contributed by atoms with Crippen molar-refractivity contribution in [1.82, 2.24) is 15.2 Å². The van der Waals surface area contributed by atoms with Gasteiger partial charge in [-0.25, -0.2) is 4.98 Å². The SMILES string of the molecule is Clc1ncc(CN2CCNCC2)o1. The highest BCUT2D eigenvalue weighted by Gasteiger charge is 2.11. The number of aromatic nitrogens is 1. The maximum absolute atomic E-state index is 5.57. The minimum absolute atomic E-state index is 0.227. The number of piperazine rings is 1. The summed E-state index contributed by atoms with van der Waals surface area (Å²) < 4.78 is 5.18. The van der Waals surface area contributed by atoms with Gasteiger partial charge in [-0.1, -0.05) is 0 Å². The van der Waals surface area contributed by atoms with Crippen LogP contribution >= 0.6 is 11.6 Å². The molecule has 1 fully saturated rings. The number of halogens is 1. The molecule has 0 atom stereocenters. The van der Waals surface area contributed by atoms with Crippen molar-refractivity contribution in [2.45, 2.75) is 6.54 Å². The molecule has 2 heterocycles. The van der Waals surface area contributed by atoms with Crippen molar-refractivity contribution in [2.75, 3.05) is 26.2 Å². The Balaban J connectivity index is 1.89. The fraction of sp³-hybridized carbons (Fsp3) is 0.625. The number of oxazole rings is 1. The minimum atomic E-state index is 0.227. The molecule has 1 N–H and O–H groups in total. The number of hydrogen-bond donors (Lipinski definition) is 1. The Morgan fingerprint density at radius 1 is 1.54 bits per heavy atom. The third-order valence-corrected chi connectivity index (χ3v) is 2.29. The Morgan fingerprint density at radius 2 is 2.31 bits per heavy atom. The average molecular weight is 202 g/mol. The van der Waals surface area contributed by atoms with Crippen molar-refractivity contribution in [3.05, 3.63) is 17.3 Å². The second-order valence-corrected chi connectivity index (χ2v) is 3.43. The molecule has 1 aromatic heterocycles. The van der Waals surface area contributed by atoms with Crippen molar-refractivity contribution in [3.8, 4) is 0 Å². The standard InChI is InChI=1S/C8H12ClN3O/c9-8-11-5-7(13-8)6-12-3-1-10-2-4-12/h5,10H,1-4,6H2. The van der Waals surface area contributed by atoms with Crippen LogP contribution in [0.5, 0.6) is 0 Å². The Hall–Kier alpha value is -0.580. The largest absolute Gasteiger partial charge is 0.431 e. The van der Waals surface area contributed by atoms with Crippen LogP contribution < -0.4 is 5.32 Å². The predicted octanol–water partition coefficient (Wildman–Crippen LogP) is 0.733. The van der Waals surface area contributed by atoms with Crippen molar-refractivity contribution in [3.63, 3.8) is 0 Å². The molecule has 0 bridgehead atoms. The van der Waals surface area contributed by atoms with E-state index in [1.165, 1.54) is 0 Å². The lowest BCUT2D eigenvalue weighted by Gasteiger charge is -2.25. The van der Waals surface area contributed by atoms with Crippen molar-refractivity contribution in [1.29, 1.82) is 0 Å². The summed E-state index contributed by atoms with van der Waals surface area (Å²) in [6.07, 6.45) is 1.68. The molecule has 13 heavy (non-hydrogen) atoms. The number of hydrogen-bond acceptors (Lipinski definition) is 4. The highest BCUT2D eigenvalue weighted by atomic mass is 35.5. The summed E-state index contributed by atoms with van der Waals surface area (Å²) in [4.78, 5) is 6.15. The first-order chi connectivity index (χ1) is 6.34. The maximum Gasteiger partial charge on any atom is 0.292 e. The normalized spacial score (nSPS) is 19.2. The second-order valence-electron chi connectivity index (χ2n) is 3.11. The first-order valence-corrected chi connectivity index (χ1v) is 4.76. The molecule has 2 rings (SSSR count). The first-order valence-electron chi connectivity index (χ1n) is 4.38. The Kier molecular flexibility index (Phi) is 2.83. The summed E-state index contributed by atoms with van der Waals surface area (Å²) in [6, 6.07) is 0. The molecule has 0 aromatic carbocycles. The highest BCUT2D eigenvalue weighted by molar-refractivity contribution is 6.27. The summed E-state index contributed by atoms with van der Waals surface area (Å²) in [7, 11) is 0. The molecule has 0 unspecified atom stereocenters. The lowest BCUT2D eigenvalue weighted by molar-refractivity contribution is 0.216. The molecule has 72 valence electrons. The van der Waals surface area contributed by atoms with E-state index in [0.717, 1.165) is 38.5 Å². The van der Waals surface area contributed by atoms with Crippen LogP contribution in [0.15, 0.2) is 10.6 Å². The Morgan fingerprint density at radius 3 is 2.92 bits per heavy atom. The van der Waals surface area contributed by atoms with Crippen LogP contribution in [-0.4, -0.2) is 36.1 Å². The fourth-order valence-electron chi connectivity index (χ4n) is 1.45. The Bertz CT molecular complexity index is 270. The molecule has 5 heteroatoms. The zero-order chi connectivity index (χ0) is 9.10. The summed E-state index contributed by atoms with van der Waals surface area (Å²) in [5.74, 6) is 0.840. The number of rotatable bonds is 2. The Labute approximate surface area is 81.9 Å². The van der Waals surface area contributed by atoms with E-state index in [1.54, 1.807) is 6.20 Å². The lowest BCUT2D eigenvalue weighted by Crippen LogP contribution is -2.42. The van der Waals surface area contributed by atoms with E-state index in [4.69, 9.17) is 16.0 Å². The second kappa shape index (κ2) is 4.09. The predicted molar refractivity (Wildman–Crippen MR) is 49.7 cm³/mol. The molecular formula is C8H12ClN3O. The van der Waals surface area contributed by atoms with Gasteiger partial charge in [0, 0.05) is 26.2 Å². The van der Waals surface area contributed by atoms with Crippen LogP contribution in [-0.2, 0) is 6.54 Å². The van der Waals surface area contributed by atoms with Crippen LogP contribution in [0.2, 0.25) is 5.35 Å². The molecular weight excluding hydrogens is 190 g/mol. The highest BCUT2D eigenvalue weighted by Crippen LogP contribution is 2.11. The molecule has 1 saturated heterocycles. The number of nitrogens with one attached hydrogen (secondary N) is 1. The minimum Gasteiger partial charge on any atom is -0.431 e. The van der Waals surface area contributed by atoms with Crippen molar-refractivity contribution in [2.24, 2.45) is 0 Å². The van der Waals surface area contributed by atoms with Gasteiger partial charge in [0.2, 0.25) is 0 Å². The topological polar surface area (TPSA) is 41.3 Å². The molecule has 1 aromatic rings. The zero-order valence-electron chi connectivity index (χ0n) is 7.29. The monoisotopic (exact) mass is 201 g/mol. The lowest BCUT2D eigenvalue weighted by atomic mass is 10.3. The van der Waals surface area contributed by atoms with Crippen molar-refractivity contribution >= 4 is 11.6 Å². The zero-order valence-corrected chi connectivity index (χ0v) is 8.05. The van der Waals surface area contributed by atoms with E-state index >= 15 is 0 Å². The van der Waals surface area contributed by atoms with Crippen LogP contribution in [0, 0.1) is 0 Å². The van der Waals surface area contributed by atoms with E-state index in [0.29, 0.717) is 0 Å². The molecule has 0 saturated carbocycles. The van der Waals surface area contributed by atoms with E-state index in [-0.39, 0.29) is 5.35 Å². The maximum atomic E-state index is 5.57. The molecule has 1 aliphatic heterocycles. The quantitative estimate of drug-likeness (QED) is 0.766. The first kappa shape index (κ1) is 8.99. The average Bonchev–Trinajstić information content (AvgIpc) is 2.53. The van der Waals surface area contributed by atoms with Gasteiger partial charge < -0.3 is 9.73 Å². The van der Waals surface area contributed by atoms with Gasteiger partial charge >= 0.3 is 0 Å². The van der Waals surface area contributed by atoms with Gasteiger partial charge in [0.15, 0.2) is 0 Å². The number of nitrogens with zero attached hydrogens (tertiary/aromatic N) is 2. The van der Waals surface area contributed by atoms with Gasteiger partial charge in [-0.2, -0.15) is 0 Å². The smallest absolute Gasteiger partial charge is 0.292 e. The van der Waals surface area contributed by atoms with Crippen LogP contribution in [0.4, 0.5) is 0 Å². The molecule has 4 nitrogen and oxygen atoms in total. The van der Waals surface area contributed by atoms with E-state index in [9.17, 15) is 0 Å². The molecule has 0 amide bonds. The van der Waals surface area contributed by atoms with Gasteiger partial charge in [0.25, 0.3) is 5.35 Å².